The van der Waals surface area contributed by atoms with Gasteiger partial charge in [-0.15, -0.1) is 0 Å². The lowest BCUT2D eigenvalue weighted by Crippen LogP contribution is -2.40. The predicted octanol–water partition coefficient (Wildman–Crippen LogP) is 3.18. The summed E-state index contributed by atoms with van der Waals surface area (Å²) in [6.07, 6.45) is 4.14. The van der Waals surface area contributed by atoms with E-state index in [9.17, 15) is 4.79 Å². The molecule has 0 spiro atoms. The number of nitrogens with zero attached hydrogens (tertiary/aromatic N) is 2. The van der Waals surface area contributed by atoms with Crippen molar-refractivity contribution in [3.05, 3.63) is 28.8 Å². The largest absolute Gasteiger partial charge is 0.496 e. The van der Waals surface area contributed by atoms with E-state index in [4.69, 9.17) is 16.3 Å². The van der Waals surface area contributed by atoms with Crippen LogP contribution in [0.15, 0.2) is 18.2 Å². The van der Waals surface area contributed by atoms with Crippen LogP contribution in [0.2, 0.25) is 5.02 Å². The zero-order valence-corrected chi connectivity index (χ0v) is 14.4. The number of amides is 1. The highest BCUT2D eigenvalue weighted by Crippen LogP contribution is 2.24. The van der Waals surface area contributed by atoms with Crippen LogP contribution in [0.3, 0.4) is 0 Å². The minimum atomic E-state index is 0.167. The zero-order valence-electron chi connectivity index (χ0n) is 13.6. The van der Waals surface area contributed by atoms with Crippen molar-refractivity contribution in [3.63, 3.8) is 0 Å². The second-order valence-electron chi connectivity index (χ2n) is 6.04. The maximum atomic E-state index is 12.5. The van der Waals surface area contributed by atoms with Gasteiger partial charge in [-0.3, -0.25) is 4.79 Å². The first-order valence-corrected chi connectivity index (χ1v) is 8.15. The Bertz CT molecular complexity index is 521. The molecule has 0 N–H and O–H groups in total. The molecule has 22 heavy (non-hydrogen) atoms. The molecule has 1 aromatic rings. The average Bonchev–Trinajstić information content (AvgIpc) is 2.49. The van der Waals surface area contributed by atoms with Gasteiger partial charge in [-0.25, -0.2) is 0 Å². The highest BCUT2D eigenvalue weighted by Gasteiger charge is 2.23. The highest BCUT2D eigenvalue weighted by molar-refractivity contribution is 6.30. The topological polar surface area (TPSA) is 32.8 Å². The number of carbonyl (C=O) groups excluding carboxylic acids is 1. The maximum Gasteiger partial charge on any atom is 0.224 e. The Labute approximate surface area is 138 Å². The van der Waals surface area contributed by atoms with Crippen molar-refractivity contribution in [3.8, 4) is 5.75 Å². The molecule has 0 bridgehead atoms. The van der Waals surface area contributed by atoms with Crippen LogP contribution in [-0.2, 0) is 11.3 Å². The third kappa shape index (κ3) is 4.37. The molecule has 1 amide bonds. The Morgan fingerprint density at radius 3 is 2.91 bits per heavy atom. The Morgan fingerprint density at radius 1 is 1.45 bits per heavy atom. The first kappa shape index (κ1) is 17.1. The summed E-state index contributed by atoms with van der Waals surface area (Å²) in [5.41, 5.74) is 0.933. The van der Waals surface area contributed by atoms with Gasteiger partial charge in [0.05, 0.1) is 7.11 Å². The molecule has 1 heterocycles. The second kappa shape index (κ2) is 7.84. The molecule has 0 aromatic heterocycles. The summed E-state index contributed by atoms with van der Waals surface area (Å²) in [5.74, 6) is 0.930. The lowest BCUT2D eigenvalue weighted by molar-refractivity contribution is -0.131. The van der Waals surface area contributed by atoms with Crippen molar-refractivity contribution in [2.24, 2.45) is 0 Å². The van der Waals surface area contributed by atoms with Crippen LogP contribution >= 0.6 is 11.6 Å². The third-order valence-corrected chi connectivity index (χ3v) is 4.64. The smallest absolute Gasteiger partial charge is 0.224 e. The fourth-order valence-corrected chi connectivity index (χ4v) is 3.17. The summed E-state index contributed by atoms with van der Waals surface area (Å²) in [6.45, 7) is 1.60. The Morgan fingerprint density at radius 2 is 2.23 bits per heavy atom. The first-order valence-electron chi connectivity index (χ1n) is 7.78. The number of rotatable bonds is 5. The van der Waals surface area contributed by atoms with Crippen molar-refractivity contribution in [2.45, 2.75) is 38.3 Å². The van der Waals surface area contributed by atoms with E-state index in [2.05, 4.69) is 11.9 Å². The number of halogens is 1. The monoisotopic (exact) mass is 324 g/mol. The number of hydrogen-bond acceptors (Lipinski definition) is 3. The number of piperidine rings is 1. The molecular formula is C17H25ClN2O2. The quantitative estimate of drug-likeness (QED) is 0.834. The molecule has 1 aromatic carbocycles. The Balaban J connectivity index is 1.97. The molecule has 2 rings (SSSR count). The minimum Gasteiger partial charge on any atom is -0.496 e. The lowest BCUT2D eigenvalue weighted by atomic mass is 9.99. The van der Waals surface area contributed by atoms with Crippen molar-refractivity contribution in [1.82, 2.24) is 9.80 Å². The van der Waals surface area contributed by atoms with E-state index in [0.29, 0.717) is 24.0 Å². The molecule has 122 valence electrons. The van der Waals surface area contributed by atoms with E-state index in [1.807, 2.05) is 19.2 Å². The maximum absolute atomic E-state index is 12.5. The van der Waals surface area contributed by atoms with Gasteiger partial charge in [0.15, 0.2) is 0 Å². The molecule has 1 atom stereocenters. The van der Waals surface area contributed by atoms with Gasteiger partial charge < -0.3 is 14.5 Å². The van der Waals surface area contributed by atoms with E-state index in [1.54, 1.807) is 18.1 Å². The second-order valence-corrected chi connectivity index (χ2v) is 6.48. The molecule has 0 radical (unpaired) electrons. The van der Waals surface area contributed by atoms with Gasteiger partial charge in [0.2, 0.25) is 5.91 Å². The van der Waals surface area contributed by atoms with E-state index in [-0.39, 0.29) is 5.91 Å². The van der Waals surface area contributed by atoms with E-state index in [0.717, 1.165) is 24.3 Å². The van der Waals surface area contributed by atoms with Gasteiger partial charge in [0.1, 0.15) is 5.75 Å². The van der Waals surface area contributed by atoms with Crippen molar-refractivity contribution in [1.29, 1.82) is 0 Å². The fraction of sp³-hybridized carbons (Fsp3) is 0.588. The van der Waals surface area contributed by atoms with Crippen molar-refractivity contribution >= 4 is 17.5 Å². The number of carbonyl (C=O) groups is 1. The molecule has 4 nitrogen and oxygen atoms in total. The molecule has 1 aliphatic heterocycles. The molecule has 0 saturated carbocycles. The van der Waals surface area contributed by atoms with Gasteiger partial charge in [-0.05, 0) is 44.6 Å². The van der Waals surface area contributed by atoms with Crippen LogP contribution in [0.1, 0.15) is 31.2 Å². The highest BCUT2D eigenvalue weighted by atomic mass is 35.5. The molecule has 0 unspecified atom stereocenters. The van der Waals surface area contributed by atoms with Gasteiger partial charge >= 0.3 is 0 Å². The van der Waals surface area contributed by atoms with Crippen LogP contribution in [-0.4, -0.2) is 49.5 Å². The minimum absolute atomic E-state index is 0.167. The summed E-state index contributed by atoms with van der Waals surface area (Å²) in [4.78, 5) is 16.5. The van der Waals surface area contributed by atoms with Crippen molar-refractivity contribution in [2.75, 3.05) is 27.7 Å². The predicted molar refractivity (Wildman–Crippen MR) is 89.4 cm³/mol. The summed E-state index contributed by atoms with van der Waals surface area (Å²) in [7, 11) is 5.58. The van der Waals surface area contributed by atoms with Crippen LogP contribution in [0.25, 0.3) is 0 Å². The lowest BCUT2D eigenvalue weighted by Gasteiger charge is -2.33. The van der Waals surface area contributed by atoms with Gasteiger partial charge in [-0.1, -0.05) is 18.0 Å². The molecule has 5 heteroatoms. The standard InChI is InChI=1S/C17H25ClN2O2/c1-19-9-5-4-6-15(19)11-17(21)20(2)12-13-10-14(18)7-8-16(13)22-3/h7-8,10,15H,4-6,9,11-12H2,1-3H3/t15-/m0/s1. The number of methoxy groups -OCH3 is 1. The Hall–Kier alpha value is -1.26. The Kier molecular flexibility index (Phi) is 6.09. The van der Waals surface area contributed by atoms with E-state index < -0.39 is 0 Å². The summed E-state index contributed by atoms with van der Waals surface area (Å²) in [6, 6.07) is 5.86. The van der Waals surface area contributed by atoms with Crippen molar-refractivity contribution < 1.29 is 9.53 Å². The number of likely N-dealkylation sites (tertiary alicyclic amines) is 1. The van der Waals surface area contributed by atoms with Crippen LogP contribution in [0.5, 0.6) is 5.75 Å². The zero-order chi connectivity index (χ0) is 16.1. The summed E-state index contributed by atoms with van der Waals surface area (Å²) in [5, 5.41) is 0.656. The first-order chi connectivity index (χ1) is 10.5. The van der Waals surface area contributed by atoms with E-state index in [1.165, 1.54) is 12.8 Å². The molecule has 1 saturated heterocycles. The number of hydrogen-bond donors (Lipinski definition) is 0. The van der Waals surface area contributed by atoms with Gasteiger partial charge in [0, 0.05) is 36.6 Å². The number of benzene rings is 1. The van der Waals surface area contributed by atoms with Gasteiger partial charge in [0.25, 0.3) is 0 Å². The SMILES string of the molecule is COc1ccc(Cl)cc1CN(C)C(=O)C[C@@H]1CCCCN1C. The van der Waals surface area contributed by atoms with Crippen LogP contribution in [0.4, 0.5) is 0 Å². The van der Waals surface area contributed by atoms with Gasteiger partial charge in [-0.2, -0.15) is 0 Å². The third-order valence-electron chi connectivity index (χ3n) is 4.41. The average molecular weight is 325 g/mol. The van der Waals surface area contributed by atoms with E-state index >= 15 is 0 Å². The summed E-state index contributed by atoms with van der Waals surface area (Å²) < 4.78 is 5.34. The number of ether oxygens (including phenoxy) is 1. The summed E-state index contributed by atoms with van der Waals surface area (Å²) >= 11 is 6.05. The fourth-order valence-electron chi connectivity index (χ4n) is 2.97. The molecule has 0 aliphatic carbocycles. The normalized spacial score (nSPS) is 19.0. The van der Waals surface area contributed by atoms with Crippen LogP contribution in [0, 0.1) is 0 Å². The van der Waals surface area contributed by atoms with Crippen LogP contribution < -0.4 is 4.74 Å². The molecular weight excluding hydrogens is 300 g/mol. The molecule has 1 fully saturated rings. The molecule has 1 aliphatic rings.